The van der Waals surface area contributed by atoms with E-state index in [1.807, 2.05) is 12.1 Å². The minimum Gasteiger partial charge on any atom is -0.329 e. The molecule has 2 nitrogen and oxygen atoms in total. The lowest BCUT2D eigenvalue weighted by atomic mass is 10.0. The van der Waals surface area contributed by atoms with Gasteiger partial charge in [0, 0.05) is 25.2 Å². The van der Waals surface area contributed by atoms with Crippen LogP contribution >= 0.6 is 0 Å². The fourth-order valence-electron chi connectivity index (χ4n) is 2.64. The van der Waals surface area contributed by atoms with Gasteiger partial charge in [0.05, 0.1) is 0 Å². The van der Waals surface area contributed by atoms with Gasteiger partial charge in [0.1, 0.15) is 5.82 Å². The molecule has 1 saturated carbocycles. The van der Waals surface area contributed by atoms with Gasteiger partial charge < -0.3 is 5.73 Å². The summed E-state index contributed by atoms with van der Waals surface area (Å²) in [6, 6.07) is 6.31. The third kappa shape index (κ3) is 3.54. The fraction of sp³-hybridized carbons (Fsp3) is 0.625. The summed E-state index contributed by atoms with van der Waals surface area (Å²) in [7, 11) is 0. The lowest BCUT2D eigenvalue weighted by Gasteiger charge is -2.33. The van der Waals surface area contributed by atoms with E-state index in [0.29, 0.717) is 24.1 Å². The van der Waals surface area contributed by atoms with Crippen molar-refractivity contribution < 1.29 is 4.39 Å². The molecule has 1 atom stereocenters. The Morgan fingerprint density at radius 2 is 2.05 bits per heavy atom. The lowest BCUT2D eigenvalue weighted by molar-refractivity contribution is 0.169. The molecule has 106 valence electrons. The van der Waals surface area contributed by atoms with E-state index in [1.165, 1.54) is 12.8 Å². The number of rotatable bonds is 6. The van der Waals surface area contributed by atoms with E-state index in [1.54, 1.807) is 13.0 Å². The van der Waals surface area contributed by atoms with E-state index < -0.39 is 0 Å². The van der Waals surface area contributed by atoms with Crippen LogP contribution in [-0.2, 0) is 0 Å². The minimum atomic E-state index is -0.128. The average molecular weight is 264 g/mol. The molecule has 2 N–H and O–H groups in total. The molecule has 1 unspecified atom stereocenters. The van der Waals surface area contributed by atoms with E-state index in [4.69, 9.17) is 5.73 Å². The standard InChI is InChI=1S/C16H25FN2/c1-11(2)10-19(14-6-7-14)16(9-18)13-5-4-12(3)15(17)8-13/h4-5,8,11,14,16H,6-7,9-10,18H2,1-3H3. The van der Waals surface area contributed by atoms with Crippen LogP contribution in [0.4, 0.5) is 4.39 Å². The van der Waals surface area contributed by atoms with Crippen molar-refractivity contribution in [1.82, 2.24) is 4.90 Å². The van der Waals surface area contributed by atoms with Gasteiger partial charge in [0.15, 0.2) is 0 Å². The molecular weight excluding hydrogens is 239 g/mol. The Labute approximate surface area is 115 Å². The second-order valence-corrected chi connectivity index (χ2v) is 6.08. The molecule has 0 spiro atoms. The van der Waals surface area contributed by atoms with Gasteiger partial charge in [-0.2, -0.15) is 0 Å². The monoisotopic (exact) mass is 264 g/mol. The second kappa shape index (κ2) is 6.02. The number of aryl methyl sites for hydroxylation is 1. The van der Waals surface area contributed by atoms with Gasteiger partial charge in [0.2, 0.25) is 0 Å². The Bertz CT molecular complexity index is 427. The smallest absolute Gasteiger partial charge is 0.126 e. The Kier molecular flexibility index (Phi) is 4.58. The van der Waals surface area contributed by atoms with Crippen molar-refractivity contribution in [1.29, 1.82) is 0 Å². The predicted molar refractivity (Wildman–Crippen MR) is 77.5 cm³/mol. The third-order valence-electron chi connectivity index (χ3n) is 3.80. The summed E-state index contributed by atoms with van der Waals surface area (Å²) >= 11 is 0. The van der Waals surface area contributed by atoms with Crippen molar-refractivity contribution in [2.24, 2.45) is 11.7 Å². The molecule has 1 fully saturated rings. The number of benzene rings is 1. The maximum Gasteiger partial charge on any atom is 0.126 e. The topological polar surface area (TPSA) is 29.3 Å². The summed E-state index contributed by atoms with van der Waals surface area (Å²) < 4.78 is 13.8. The molecule has 0 aliphatic heterocycles. The molecule has 1 aliphatic rings. The van der Waals surface area contributed by atoms with Crippen molar-refractivity contribution in [3.8, 4) is 0 Å². The molecular formula is C16H25FN2. The third-order valence-corrected chi connectivity index (χ3v) is 3.80. The molecule has 19 heavy (non-hydrogen) atoms. The minimum absolute atomic E-state index is 0.128. The molecule has 1 aliphatic carbocycles. The summed E-state index contributed by atoms with van der Waals surface area (Å²) in [5, 5.41) is 0. The van der Waals surface area contributed by atoms with Gasteiger partial charge in [-0.25, -0.2) is 4.39 Å². The van der Waals surface area contributed by atoms with E-state index in [0.717, 1.165) is 12.1 Å². The van der Waals surface area contributed by atoms with Crippen molar-refractivity contribution in [3.63, 3.8) is 0 Å². The largest absolute Gasteiger partial charge is 0.329 e. The Hall–Kier alpha value is -0.930. The van der Waals surface area contributed by atoms with Crippen molar-refractivity contribution in [2.75, 3.05) is 13.1 Å². The first kappa shape index (κ1) is 14.5. The summed E-state index contributed by atoms with van der Waals surface area (Å²) in [6.07, 6.45) is 2.50. The molecule has 2 rings (SSSR count). The summed E-state index contributed by atoms with van der Waals surface area (Å²) in [5.41, 5.74) is 7.68. The number of nitrogens with two attached hydrogens (primary N) is 1. The summed E-state index contributed by atoms with van der Waals surface area (Å²) in [6.45, 7) is 7.81. The highest BCUT2D eigenvalue weighted by atomic mass is 19.1. The molecule has 0 radical (unpaired) electrons. The highest BCUT2D eigenvalue weighted by molar-refractivity contribution is 5.26. The van der Waals surface area contributed by atoms with Crippen LogP contribution in [0.25, 0.3) is 0 Å². The van der Waals surface area contributed by atoms with Crippen molar-refractivity contribution in [3.05, 3.63) is 35.1 Å². The highest BCUT2D eigenvalue weighted by Gasteiger charge is 2.34. The van der Waals surface area contributed by atoms with Gasteiger partial charge in [0.25, 0.3) is 0 Å². The van der Waals surface area contributed by atoms with Gasteiger partial charge in [-0.15, -0.1) is 0 Å². The maximum absolute atomic E-state index is 13.8. The van der Waals surface area contributed by atoms with Crippen LogP contribution in [0.5, 0.6) is 0 Å². The zero-order chi connectivity index (χ0) is 14.0. The van der Waals surface area contributed by atoms with E-state index in [2.05, 4.69) is 18.7 Å². The SMILES string of the molecule is Cc1ccc(C(CN)N(CC(C)C)C2CC2)cc1F. The van der Waals surface area contributed by atoms with E-state index in [9.17, 15) is 4.39 Å². The molecule has 1 aromatic rings. The number of hydrogen-bond donors (Lipinski definition) is 1. The quantitative estimate of drug-likeness (QED) is 0.854. The number of nitrogens with zero attached hydrogens (tertiary/aromatic N) is 1. The van der Waals surface area contributed by atoms with Gasteiger partial charge >= 0.3 is 0 Å². The van der Waals surface area contributed by atoms with Crippen LogP contribution in [0.3, 0.4) is 0 Å². The van der Waals surface area contributed by atoms with Gasteiger partial charge in [-0.1, -0.05) is 26.0 Å². The molecule has 1 aromatic carbocycles. The van der Waals surface area contributed by atoms with Crippen LogP contribution in [0.2, 0.25) is 0 Å². The predicted octanol–water partition coefficient (Wildman–Crippen LogP) is 3.25. The average Bonchev–Trinajstić information content (AvgIpc) is 3.17. The van der Waals surface area contributed by atoms with E-state index in [-0.39, 0.29) is 11.9 Å². The van der Waals surface area contributed by atoms with Crippen LogP contribution in [0.1, 0.15) is 43.9 Å². The zero-order valence-corrected chi connectivity index (χ0v) is 12.2. The highest BCUT2D eigenvalue weighted by Crippen LogP contribution is 2.35. The number of hydrogen-bond acceptors (Lipinski definition) is 2. The van der Waals surface area contributed by atoms with Gasteiger partial charge in [-0.05, 0) is 42.9 Å². The van der Waals surface area contributed by atoms with Crippen LogP contribution in [0.15, 0.2) is 18.2 Å². The van der Waals surface area contributed by atoms with Gasteiger partial charge in [-0.3, -0.25) is 4.90 Å². The van der Waals surface area contributed by atoms with E-state index >= 15 is 0 Å². The van der Waals surface area contributed by atoms with Crippen molar-refractivity contribution in [2.45, 2.75) is 45.7 Å². The first-order valence-electron chi connectivity index (χ1n) is 7.24. The Morgan fingerprint density at radius 3 is 2.53 bits per heavy atom. The molecule has 0 bridgehead atoms. The fourth-order valence-corrected chi connectivity index (χ4v) is 2.64. The maximum atomic E-state index is 13.8. The summed E-state index contributed by atoms with van der Waals surface area (Å²) in [4.78, 5) is 2.47. The molecule has 0 aromatic heterocycles. The second-order valence-electron chi connectivity index (χ2n) is 6.08. The molecule has 0 amide bonds. The normalized spacial score (nSPS) is 17.2. The lowest BCUT2D eigenvalue weighted by Crippen LogP contribution is -2.38. The molecule has 0 saturated heterocycles. The zero-order valence-electron chi connectivity index (χ0n) is 12.2. The first-order valence-corrected chi connectivity index (χ1v) is 7.24. The Morgan fingerprint density at radius 1 is 1.37 bits per heavy atom. The number of halogens is 1. The molecule has 3 heteroatoms. The first-order chi connectivity index (χ1) is 9.02. The van der Waals surface area contributed by atoms with Crippen LogP contribution < -0.4 is 5.73 Å². The molecule has 0 heterocycles. The van der Waals surface area contributed by atoms with Crippen LogP contribution in [-0.4, -0.2) is 24.0 Å². The van der Waals surface area contributed by atoms with Crippen LogP contribution in [0, 0.1) is 18.7 Å². The van der Waals surface area contributed by atoms with Crippen molar-refractivity contribution >= 4 is 0 Å². The summed E-state index contributed by atoms with van der Waals surface area (Å²) in [5.74, 6) is 0.473. The Balaban J connectivity index is 2.22.